The highest BCUT2D eigenvalue weighted by atomic mass is 127. The molecule has 0 aliphatic carbocycles. The maximum Gasteiger partial charge on any atom is 0.401 e. The molecule has 0 aromatic rings. The Labute approximate surface area is 136 Å². The normalized spacial score (nSPS) is 12.2. The van der Waals surface area contributed by atoms with Gasteiger partial charge in [-0.05, 0) is 33.4 Å². The molecule has 2 N–H and O–H groups in total. The van der Waals surface area contributed by atoms with E-state index in [0.717, 1.165) is 25.5 Å². The molecule has 0 saturated heterocycles. The average molecular weight is 410 g/mol. The van der Waals surface area contributed by atoms with E-state index in [0.29, 0.717) is 19.5 Å². The summed E-state index contributed by atoms with van der Waals surface area (Å²) in [4.78, 5) is 5.58. The maximum absolute atomic E-state index is 12.1. The number of rotatable bonds is 8. The third kappa shape index (κ3) is 14.2. The van der Waals surface area contributed by atoms with Crippen molar-refractivity contribution in [2.45, 2.75) is 32.9 Å². The third-order valence-corrected chi connectivity index (χ3v) is 2.30. The molecule has 0 atom stereocenters. The van der Waals surface area contributed by atoms with Gasteiger partial charge in [-0.25, -0.2) is 0 Å². The van der Waals surface area contributed by atoms with Crippen LogP contribution in [0.1, 0.15) is 26.7 Å². The monoisotopic (exact) mass is 410 g/mol. The summed E-state index contributed by atoms with van der Waals surface area (Å²) in [6.45, 7) is 5.67. The highest BCUT2D eigenvalue weighted by molar-refractivity contribution is 14.0. The first-order valence-corrected chi connectivity index (χ1v) is 6.66. The summed E-state index contributed by atoms with van der Waals surface area (Å²) in [5, 5.41) is 6.19. The molecule has 0 bridgehead atoms. The second-order valence-electron chi connectivity index (χ2n) is 4.39. The molecule has 0 rings (SSSR count). The fourth-order valence-corrected chi connectivity index (χ4v) is 1.51. The van der Waals surface area contributed by atoms with Gasteiger partial charge < -0.3 is 10.6 Å². The highest BCUT2D eigenvalue weighted by Crippen LogP contribution is 2.15. The Hall–Kier alpha value is -0.250. The van der Waals surface area contributed by atoms with Crippen LogP contribution in [0.4, 0.5) is 13.2 Å². The van der Waals surface area contributed by atoms with Gasteiger partial charge in [-0.1, -0.05) is 6.92 Å². The van der Waals surface area contributed by atoms with Crippen molar-refractivity contribution >= 4 is 29.9 Å². The molecule has 0 aromatic heterocycles. The van der Waals surface area contributed by atoms with Gasteiger partial charge in [-0.15, -0.1) is 24.0 Å². The fourth-order valence-electron chi connectivity index (χ4n) is 1.51. The molecule has 0 aliphatic rings. The number of halogens is 4. The molecule has 0 radical (unpaired) electrons. The Morgan fingerprint density at radius 1 is 1.20 bits per heavy atom. The number of hydrogen-bond donors (Lipinski definition) is 2. The minimum Gasteiger partial charge on any atom is -0.357 e. The van der Waals surface area contributed by atoms with Crippen molar-refractivity contribution in [1.82, 2.24) is 15.5 Å². The fraction of sp³-hybridized carbons (Fsp3) is 0.917. The standard InChI is InChI=1S/C12H25F3N4.HI/c1-4-7-17-11(16-5-2)18-8-6-9-19(3)10-12(13,14)15;/h4-10H2,1-3H3,(H2,16,17,18);1H. The van der Waals surface area contributed by atoms with Crippen molar-refractivity contribution in [3.63, 3.8) is 0 Å². The van der Waals surface area contributed by atoms with E-state index in [2.05, 4.69) is 15.6 Å². The summed E-state index contributed by atoms with van der Waals surface area (Å²) >= 11 is 0. The SMILES string of the molecule is CCCN=C(NCC)NCCCN(C)CC(F)(F)F.I. The maximum atomic E-state index is 12.1. The lowest BCUT2D eigenvalue weighted by atomic mass is 10.4. The van der Waals surface area contributed by atoms with Gasteiger partial charge in [0.25, 0.3) is 0 Å². The second kappa shape index (κ2) is 12.5. The topological polar surface area (TPSA) is 39.7 Å². The van der Waals surface area contributed by atoms with Crippen LogP contribution in [0.15, 0.2) is 4.99 Å². The number of nitrogens with zero attached hydrogens (tertiary/aromatic N) is 2. The first-order chi connectivity index (χ1) is 8.89. The lowest BCUT2D eigenvalue weighted by Crippen LogP contribution is -2.39. The molecule has 0 aliphatic heterocycles. The van der Waals surface area contributed by atoms with Crippen LogP contribution in [0, 0.1) is 0 Å². The Kier molecular flexibility index (Phi) is 13.8. The van der Waals surface area contributed by atoms with E-state index in [4.69, 9.17) is 0 Å². The highest BCUT2D eigenvalue weighted by Gasteiger charge is 2.28. The molecule has 122 valence electrons. The first-order valence-electron chi connectivity index (χ1n) is 6.66. The molecule has 4 nitrogen and oxygen atoms in total. The number of hydrogen-bond acceptors (Lipinski definition) is 2. The number of nitrogens with one attached hydrogen (secondary N) is 2. The Morgan fingerprint density at radius 2 is 1.85 bits per heavy atom. The van der Waals surface area contributed by atoms with Crippen molar-refractivity contribution in [3.8, 4) is 0 Å². The lowest BCUT2D eigenvalue weighted by molar-refractivity contribution is -0.143. The molecule has 20 heavy (non-hydrogen) atoms. The summed E-state index contributed by atoms with van der Waals surface area (Å²) in [7, 11) is 1.48. The van der Waals surface area contributed by atoms with Gasteiger partial charge in [0, 0.05) is 19.6 Å². The van der Waals surface area contributed by atoms with Gasteiger partial charge in [0.2, 0.25) is 0 Å². The van der Waals surface area contributed by atoms with Crippen molar-refractivity contribution < 1.29 is 13.2 Å². The largest absolute Gasteiger partial charge is 0.401 e. The summed E-state index contributed by atoms with van der Waals surface area (Å²) in [5.74, 6) is 0.725. The van der Waals surface area contributed by atoms with Crippen LogP contribution in [0.2, 0.25) is 0 Å². The molecule has 0 fully saturated rings. The molecule has 0 aromatic carbocycles. The van der Waals surface area contributed by atoms with Gasteiger partial charge in [0.15, 0.2) is 5.96 Å². The molecule has 0 saturated carbocycles. The van der Waals surface area contributed by atoms with Gasteiger partial charge in [0.05, 0.1) is 6.54 Å². The molecular weight excluding hydrogens is 384 g/mol. The van der Waals surface area contributed by atoms with Crippen molar-refractivity contribution in [2.24, 2.45) is 4.99 Å². The van der Waals surface area contributed by atoms with Gasteiger partial charge in [-0.3, -0.25) is 9.89 Å². The van der Waals surface area contributed by atoms with E-state index in [1.54, 1.807) is 0 Å². The predicted molar refractivity (Wildman–Crippen MR) is 87.9 cm³/mol. The van der Waals surface area contributed by atoms with Crippen LogP contribution in [0.5, 0.6) is 0 Å². The van der Waals surface area contributed by atoms with Crippen LogP contribution < -0.4 is 10.6 Å². The van der Waals surface area contributed by atoms with E-state index in [1.165, 1.54) is 11.9 Å². The smallest absolute Gasteiger partial charge is 0.357 e. The zero-order valence-corrected chi connectivity index (χ0v) is 14.7. The second-order valence-corrected chi connectivity index (χ2v) is 4.39. The molecule has 0 amide bonds. The number of alkyl halides is 3. The average Bonchev–Trinajstić information content (AvgIpc) is 2.29. The Bertz CT molecular complexity index is 260. The Balaban J connectivity index is 0. The van der Waals surface area contributed by atoms with Crippen molar-refractivity contribution in [3.05, 3.63) is 0 Å². The van der Waals surface area contributed by atoms with Crippen LogP contribution in [0.3, 0.4) is 0 Å². The van der Waals surface area contributed by atoms with Crippen LogP contribution >= 0.6 is 24.0 Å². The van der Waals surface area contributed by atoms with E-state index < -0.39 is 12.7 Å². The van der Waals surface area contributed by atoms with Gasteiger partial charge >= 0.3 is 6.18 Å². The van der Waals surface area contributed by atoms with E-state index in [-0.39, 0.29) is 24.0 Å². The van der Waals surface area contributed by atoms with E-state index in [9.17, 15) is 13.2 Å². The number of guanidine groups is 1. The molecule has 0 unspecified atom stereocenters. The number of aliphatic imine (C=N–C) groups is 1. The molecular formula is C12H26F3IN4. The summed E-state index contributed by atoms with van der Waals surface area (Å²) in [6, 6.07) is 0. The lowest BCUT2D eigenvalue weighted by Gasteiger charge is -2.18. The zero-order valence-electron chi connectivity index (χ0n) is 12.4. The molecule has 0 spiro atoms. The third-order valence-electron chi connectivity index (χ3n) is 2.30. The van der Waals surface area contributed by atoms with Crippen LogP contribution in [-0.2, 0) is 0 Å². The molecule has 0 heterocycles. The van der Waals surface area contributed by atoms with Crippen molar-refractivity contribution in [2.75, 3.05) is 39.8 Å². The summed E-state index contributed by atoms with van der Waals surface area (Å²) in [5.41, 5.74) is 0. The van der Waals surface area contributed by atoms with E-state index >= 15 is 0 Å². The quantitative estimate of drug-likeness (QED) is 0.280. The summed E-state index contributed by atoms with van der Waals surface area (Å²) < 4.78 is 36.3. The van der Waals surface area contributed by atoms with Gasteiger partial charge in [-0.2, -0.15) is 13.2 Å². The van der Waals surface area contributed by atoms with Crippen LogP contribution in [0.25, 0.3) is 0 Å². The summed E-state index contributed by atoms with van der Waals surface area (Å²) in [6.07, 6.45) is -2.52. The first kappa shape index (κ1) is 22.0. The van der Waals surface area contributed by atoms with Crippen LogP contribution in [-0.4, -0.2) is 56.8 Å². The Morgan fingerprint density at radius 3 is 2.35 bits per heavy atom. The van der Waals surface area contributed by atoms with Crippen molar-refractivity contribution in [1.29, 1.82) is 0 Å². The van der Waals surface area contributed by atoms with Gasteiger partial charge in [0.1, 0.15) is 0 Å². The zero-order chi connectivity index (χ0) is 14.7. The minimum atomic E-state index is -4.13. The molecule has 8 heteroatoms. The minimum absolute atomic E-state index is 0. The predicted octanol–water partition coefficient (Wildman–Crippen LogP) is 2.45. The van der Waals surface area contributed by atoms with E-state index in [1.807, 2.05) is 13.8 Å².